The fourth-order valence-corrected chi connectivity index (χ4v) is 3.37. The van der Waals surface area contributed by atoms with Gasteiger partial charge in [0.25, 0.3) is 0 Å². The number of nitrogens with zero attached hydrogens (tertiary/aromatic N) is 3. The van der Waals surface area contributed by atoms with Crippen LogP contribution in [0.3, 0.4) is 0 Å². The van der Waals surface area contributed by atoms with Crippen molar-refractivity contribution in [3.63, 3.8) is 0 Å². The van der Waals surface area contributed by atoms with E-state index < -0.39 is 0 Å². The number of esters is 1. The molecule has 1 aromatic heterocycles. The van der Waals surface area contributed by atoms with Gasteiger partial charge in [0, 0.05) is 49.0 Å². The molecule has 0 spiro atoms. The van der Waals surface area contributed by atoms with Gasteiger partial charge in [-0.1, -0.05) is 22.0 Å². The molecule has 0 bridgehead atoms. The van der Waals surface area contributed by atoms with Gasteiger partial charge in [0.2, 0.25) is 0 Å². The molecule has 1 aromatic carbocycles. The van der Waals surface area contributed by atoms with E-state index in [0.717, 1.165) is 48.3 Å². The third kappa shape index (κ3) is 6.52. The topological polar surface area (TPSA) is 56.6 Å². The average molecular weight is 434 g/mol. The van der Waals surface area contributed by atoms with Gasteiger partial charge >= 0.3 is 5.97 Å². The summed E-state index contributed by atoms with van der Waals surface area (Å²) in [6, 6.07) is 7.85. The maximum Gasteiger partial charge on any atom is 0.331 e. The molecular weight excluding hydrogens is 410 g/mol. The van der Waals surface area contributed by atoms with Crippen LogP contribution in [0.15, 0.2) is 47.2 Å². The summed E-state index contributed by atoms with van der Waals surface area (Å²) < 4.78 is 14.0. The predicted molar refractivity (Wildman–Crippen MR) is 107 cm³/mol. The molecule has 2 heterocycles. The van der Waals surface area contributed by atoms with Crippen molar-refractivity contribution < 1.29 is 14.3 Å². The van der Waals surface area contributed by atoms with Gasteiger partial charge in [0.1, 0.15) is 18.5 Å². The minimum absolute atomic E-state index is 0.0155. The lowest BCUT2D eigenvalue weighted by Gasteiger charge is -2.31. The Morgan fingerprint density at radius 2 is 2.19 bits per heavy atom. The van der Waals surface area contributed by atoms with Crippen LogP contribution in [0.5, 0.6) is 5.75 Å². The zero-order valence-corrected chi connectivity index (χ0v) is 17.0. The second kappa shape index (κ2) is 9.71. The van der Waals surface area contributed by atoms with Crippen LogP contribution in [-0.4, -0.2) is 53.0 Å². The van der Waals surface area contributed by atoms with Gasteiger partial charge in [-0.25, -0.2) is 4.79 Å². The molecule has 0 amide bonds. The maximum absolute atomic E-state index is 12.0. The number of aromatic nitrogens is 2. The third-order valence-electron chi connectivity index (χ3n) is 4.43. The smallest absolute Gasteiger partial charge is 0.331 e. The first-order valence-corrected chi connectivity index (χ1v) is 9.86. The minimum atomic E-state index is -0.296. The normalized spacial score (nSPS) is 15.9. The SMILES string of the molecule is Cn1cc(/C=C/C(=O)OC2CCN(CCOc3cccc(Br)c3)CC2)cn1. The molecule has 7 heteroatoms. The molecule has 1 saturated heterocycles. The minimum Gasteiger partial charge on any atom is -0.492 e. The molecule has 1 fully saturated rings. The van der Waals surface area contributed by atoms with Crippen molar-refractivity contribution in [1.82, 2.24) is 14.7 Å². The monoisotopic (exact) mass is 433 g/mol. The van der Waals surface area contributed by atoms with Crippen molar-refractivity contribution >= 4 is 28.0 Å². The fourth-order valence-electron chi connectivity index (χ4n) is 2.99. The molecule has 0 N–H and O–H groups in total. The van der Waals surface area contributed by atoms with Crippen molar-refractivity contribution in [2.75, 3.05) is 26.2 Å². The third-order valence-corrected chi connectivity index (χ3v) is 4.92. The number of piperidine rings is 1. The molecule has 0 radical (unpaired) electrons. The number of carbonyl (C=O) groups excluding carboxylic acids is 1. The van der Waals surface area contributed by atoms with E-state index in [9.17, 15) is 4.79 Å². The van der Waals surface area contributed by atoms with E-state index in [1.807, 2.05) is 37.5 Å². The molecule has 6 nitrogen and oxygen atoms in total. The molecular formula is C20H24BrN3O3. The van der Waals surface area contributed by atoms with Crippen LogP contribution in [0.4, 0.5) is 0 Å². The predicted octanol–water partition coefficient (Wildman–Crippen LogP) is 3.28. The highest BCUT2D eigenvalue weighted by Crippen LogP contribution is 2.18. The van der Waals surface area contributed by atoms with Crippen LogP contribution in [0.2, 0.25) is 0 Å². The standard InChI is InChI=1S/C20H24BrN3O3/c1-23-15-16(14-22-23)5-6-20(25)27-18-7-9-24(10-8-18)11-12-26-19-4-2-3-17(21)13-19/h2-6,13-15,18H,7-12H2,1H3/b6-5+. The molecule has 0 unspecified atom stereocenters. The van der Waals surface area contributed by atoms with Crippen LogP contribution in [0.1, 0.15) is 18.4 Å². The van der Waals surface area contributed by atoms with E-state index >= 15 is 0 Å². The van der Waals surface area contributed by atoms with Crippen molar-refractivity contribution in [2.24, 2.45) is 7.05 Å². The summed E-state index contributed by atoms with van der Waals surface area (Å²) in [5.41, 5.74) is 0.884. The van der Waals surface area contributed by atoms with Crippen LogP contribution in [0.25, 0.3) is 6.08 Å². The highest BCUT2D eigenvalue weighted by atomic mass is 79.9. The van der Waals surface area contributed by atoms with Gasteiger partial charge in [-0.2, -0.15) is 5.10 Å². The van der Waals surface area contributed by atoms with Gasteiger partial charge in [-0.15, -0.1) is 0 Å². The Morgan fingerprint density at radius 3 is 2.89 bits per heavy atom. The van der Waals surface area contributed by atoms with Crippen molar-refractivity contribution in [3.8, 4) is 5.75 Å². The summed E-state index contributed by atoms with van der Waals surface area (Å²) in [5, 5.41) is 4.06. The molecule has 1 aliphatic rings. The van der Waals surface area contributed by atoms with Crippen LogP contribution in [-0.2, 0) is 16.6 Å². The van der Waals surface area contributed by atoms with Crippen LogP contribution in [0, 0.1) is 0 Å². The molecule has 0 saturated carbocycles. The van der Waals surface area contributed by atoms with Gasteiger partial charge in [0.05, 0.1) is 6.20 Å². The number of carbonyl (C=O) groups is 1. The molecule has 1 aliphatic heterocycles. The van der Waals surface area contributed by atoms with Gasteiger partial charge < -0.3 is 9.47 Å². The summed E-state index contributed by atoms with van der Waals surface area (Å²) in [6.45, 7) is 3.33. The zero-order valence-electron chi connectivity index (χ0n) is 15.4. The Balaban J connectivity index is 1.33. The van der Waals surface area contributed by atoms with Gasteiger partial charge in [-0.3, -0.25) is 9.58 Å². The highest BCUT2D eigenvalue weighted by molar-refractivity contribution is 9.10. The Labute approximate surface area is 167 Å². The molecule has 0 aliphatic carbocycles. The van der Waals surface area contributed by atoms with E-state index in [-0.39, 0.29) is 12.1 Å². The Hall–Kier alpha value is -2.12. The highest BCUT2D eigenvalue weighted by Gasteiger charge is 2.21. The zero-order chi connectivity index (χ0) is 19.1. The number of hydrogen-bond donors (Lipinski definition) is 0. The fraction of sp³-hybridized carbons (Fsp3) is 0.400. The van der Waals surface area contributed by atoms with E-state index in [1.54, 1.807) is 17.0 Å². The second-order valence-corrected chi connectivity index (χ2v) is 7.48. The number of aryl methyl sites for hydroxylation is 1. The molecule has 144 valence electrons. The lowest BCUT2D eigenvalue weighted by molar-refractivity contribution is -0.145. The van der Waals surface area contributed by atoms with E-state index in [2.05, 4.69) is 25.9 Å². The maximum atomic E-state index is 12.0. The van der Waals surface area contributed by atoms with Gasteiger partial charge in [-0.05, 0) is 37.1 Å². The summed E-state index contributed by atoms with van der Waals surface area (Å²) in [6.07, 6.45) is 8.43. The van der Waals surface area contributed by atoms with Crippen LogP contribution >= 0.6 is 15.9 Å². The second-order valence-electron chi connectivity index (χ2n) is 6.56. The number of halogens is 1. The first-order chi connectivity index (χ1) is 13.1. The first kappa shape index (κ1) is 19.6. The Bertz CT molecular complexity index is 782. The van der Waals surface area contributed by atoms with Crippen molar-refractivity contribution in [1.29, 1.82) is 0 Å². The number of hydrogen-bond acceptors (Lipinski definition) is 5. The number of rotatable bonds is 7. The summed E-state index contributed by atoms with van der Waals surface area (Å²) in [5.74, 6) is 0.573. The van der Waals surface area contributed by atoms with E-state index in [4.69, 9.17) is 9.47 Å². The molecule has 3 rings (SSSR count). The average Bonchev–Trinajstić information content (AvgIpc) is 3.07. The molecule has 27 heavy (non-hydrogen) atoms. The quantitative estimate of drug-likeness (QED) is 0.495. The first-order valence-electron chi connectivity index (χ1n) is 9.06. The lowest BCUT2D eigenvalue weighted by Crippen LogP contribution is -2.39. The molecule has 2 aromatic rings. The number of likely N-dealkylation sites (tertiary alicyclic amines) is 1. The van der Waals surface area contributed by atoms with Crippen LogP contribution < -0.4 is 4.74 Å². The van der Waals surface area contributed by atoms with Crippen molar-refractivity contribution in [3.05, 3.63) is 52.8 Å². The van der Waals surface area contributed by atoms with Gasteiger partial charge in [0.15, 0.2) is 0 Å². The largest absolute Gasteiger partial charge is 0.492 e. The Morgan fingerprint density at radius 1 is 1.37 bits per heavy atom. The lowest BCUT2D eigenvalue weighted by atomic mass is 10.1. The van der Waals surface area contributed by atoms with Crippen molar-refractivity contribution in [2.45, 2.75) is 18.9 Å². The Kier molecular flexibility index (Phi) is 7.06. The summed E-state index contributed by atoms with van der Waals surface area (Å²) in [7, 11) is 1.84. The molecule has 0 atom stereocenters. The van der Waals surface area contributed by atoms with E-state index in [1.165, 1.54) is 6.08 Å². The summed E-state index contributed by atoms with van der Waals surface area (Å²) in [4.78, 5) is 14.3. The number of ether oxygens (including phenoxy) is 2. The number of benzene rings is 1. The summed E-state index contributed by atoms with van der Waals surface area (Å²) >= 11 is 3.44. The van der Waals surface area contributed by atoms with E-state index in [0.29, 0.717) is 6.61 Å².